The lowest BCUT2D eigenvalue weighted by Crippen LogP contribution is -1.97. The minimum atomic E-state index is 0.0133. The average Bonchev–Trinajstić information content (AvgIpc) is 2.92. The van der Waals surface area contributed by atoms with Gasteiger partial charge in [-0.15, -0.1) is 0 Å². The third-order valence-electron chi connectivity index (χ3n) is 3.41. The molecule has 1 heterocycles. The van der Waals surface area contributed by atoms with Gasteiger partial charge in [0, 0.05) is 21.5 Å². The molecule has 0 aliphatic carbocycles. The summed E-state index contributed by atoms with van der Waals surface area (Å²) in [7, 11) is 0. The molecule has 4 rings (SSSR count). The lowest BCUT2D eigenvalue weighted by atomic mass is 10.1. The van der Waals surface area contributed by atoms with Gasteiger partial charge in [-0.2, -0.15) is 0 Å². The standard InChI is InChI=1S/C16H9NO2/c18-15-11-6-2-1-5-10(11)14-16(19-9-17-14)13-8-4-3-7-12(13)15/h1-9H. The first-order valence-electron chi connectivity index (χ1n) is 6.03. The van der Waals surface area contributed by atoms with E-state index < -0.39 is 0 Å². The molecule has 3 aromatic carbocycles. The summed E-state index contributed by atoms with van der Waals surface area (Å²) in [5.41, 5.74) is 1.40. The molecule has 1 aromatic heterocycles. The number of fused-ring (bicyclic) bond motifs is 5. The van der Waals surface area contributed by atoms with Crippen molar-refractivity contribution in [1.29, 1.82) is 0 Å². The zero-order chi connectivity index (χ0) is 12.8. The summed E-state index contributed by atoms with van der Waals surface area (Å²) in [6.07, 6.45) is 1.42. The Kier molecular flexibility index (Phi) is 1.97. The van der Waals surface area contributed by atoms with Crippen LogP contribution < -0.4 is 5.43 Å². The smallest absolute Gasteiger partial charge is 0.194 e. The quantitative estimate of drug-likeness (QED) is 0.477. The highest BCUT2D eigenvalue weighted by Gasteiger charge is 2.10. The molecule has 0 amide bonds. The summed E-state index contributed by atoms with van der Waals surface area (Å²) in [5, 5.41) is 2.96. The Morgan fingerprint density at radius 2 is 1.37 bits per heavy atom. The summed E-state index contributed by atoms with van der Waals surface area (Å²) in [6, 6.07) is 15.0. The van der Waals surface area contributed by atoms with E-state index in [1.165, 1.54) is 6.39 Å². The Hall–Kier alpha value is -2.68. The van der Waals surface area contributed by atoms with Crippen LogP contribution in [0.1, 0.15) is 0 Å². The molecule has 19 heavy (non-hydrogen) atoms. The van der Waals surface area contributed by atoms with Crippen molar-refractivity contribution in [3.05, 3.63) is 65.1 Å². The minimum absolute atomic E-state index is 0.0133. The molecule has 0 radical (unpaired) electrons. The second kappa shape index (κ2) is 3.65. The van der Waals surface area contributed by atoms with Crippen molar-refractivity contribution in [1.82, 2.24) is 4.98 Å². The predicted molar refractivity (Wildman–Crippen MR) is 75.3 cm³/mol. The molecule has 0 aliphatic rings. The van der Waals surface area contributed by atoms with Gasteiger partial charge in [-0.05, 0) is 0 Å². The molecule has 0 fully saturated rings. The maximum atomic E-state index is 12.6. The third kappa shape index (κ3) is 1.32. The summed E-state index contributed by atoms with van der Waals surface area (Å²) in [5.74, 6) is 0. The second-order valence-electron chi connectivity index (χ2n) is 4.45. The lowest BCUT2D eigenvalue weighted by Gasteiger charge is -1.90. The van der Waals surface area contributed by atoms with Crippen LogP contribution in [0.5, 0.6) is 0 Å². The summed E-state index contributed by atoms with van der Waals surface area (Å²) in [6.45, 7) is 0. The van der Waals surface area contributed by atoms with Crippen molar-refractivity contribution < 1.29 is 4.42 Å². The fourth-order valence-electron chi connectivity index (χ4n) is 2.54. The number of oxazole rings is 1. The van der Waals surface area contributed by atoms with Gasteiger partial charge in [-0.1, -0.05) is 48.5 Å². The van der Waals surface area contributed by atoms with Gasteiger partial charge >= 0.3 is 0 Å². The van der Waals surface area contributed by atoms with Gasteiger partial charge in [0.05, 0.1) is 0 Å². The highest BCUT2D eigenvalue weighted by Crippen LogP contribution is 2.26. The molecule has 0 aliphatic heterocycles. The molecule has 0 atom stereocenters. The number of rotatable bonds is 0. The topological polar surface area (TPSA) is 43.1 Å². The van der Waals surface area contributed by atoms with E-state index in [0.29, 0.717) is 16.4 Å². The number of aromatic nitrogens is 1. The van der Waals surface area contributed by atoms with E-state index in [9.17, 15) is 4.79 Å². The van der Waals surface area contributed by atoms with Crippen molar-refractivity contribution in [2.45, 2.75) is 0 Å². The number of benzene rings is 2. The molecule has 0 bridgehead atoms. The Labute approximate surface area is 108 Å². The zero-order valence-electron chi connectivity index (χ0n) is 9.96. The van der Waals surface area contributed by atoms with Crippen molar-refractivity contribution in [3.8, 4) is 0 Å². The summed E-state index contributed by atoms with van der Waals surface area (Å²) >= 11 is 0. The molecule has 0 N–H and O–H groups in total. The average molecular weight is 247 g/mol. The maximum absolute atomic E-state index is 12.6. The molecule has 3 heteroatoms. The molecule has 0 spiro atoms. The number of nitrogens with zero attached hydrogens (tertiary/aromatic N) is 1. The van der Waals surface area contributed by atoms with E-state index >= 15 is 0 Å². The summed E-state index contributed by atoms with van der Waals surface area (Å²) < 4.78 is 5.50. The van der Waals surface area contributed by atoms with Gasteiger partial charge in [0.25, 0.3) is 0 Å². The van der Waals surface area contributed by atoms with Gasteiger partial charge < -0.3 is 4.42 Å². The van der Waals surface area contributed by atoms with Crippen LogP contribution >= 0.6 is 0 Å². The lowest BCUT2D eigenvalue weighted by molar-refractivity contribution is 0.605. The van der Waals surface area contributed by atoms with Crippen molar-refractivity contribution >= 4 is 32.6 Å². The zero-order valence-corrected chi connectivity index (χ0v) is 9.96. The molecular weight excluding hydrogens is 238 g/mol. The van der Waals surface area contributed by atoms with Crippen LogP contribution in [0.3, 0.4) is 0 Å². The van der Waals surface area contributed by atoms with Gasteiger partial charge in [0.1, 0.15) is 5.52 Å². The molecule has 90 valence electrons. The van der Waals surface area contributed by atoms with Crippen LogP contribution in [-0.2, 0) is 0 Å². The van der Waals surface area contributed by atoms with Crippen molar-refractivity contribution in [2.75, 3.05) is 0 Å². The molecule has 0 saturated heterocycles. The van der Waals surface area contributed by atoms with Gasteiger partial charge in [-0.3, -0.25) is 4.79 Å². The monoisotopic (exact) mass is 247 g/mol. The number of hydrogen-bond acceptors (Lipinski definition) is 3. The van der Waals surface area contributed by atoms with Gasteiger partial charge in [0.15, 0.2) is 17.4 Å². The maximum Gasteiger partial charge on any atom is 0.194 e. The van der Waals surface area contributed by atoms with Crippen LogP contribution in [0, 0.1) is 0 Å². The van der Waals surface area contributed by atoms with Crippen LogP contribution in [0.2, 0.25) is 0 Å². The highest BCUT2D eigenvalue weighted by atomic mass is 16.3. The fourth-order valence-corrected chi connectivity index (χ4v) is 2.54. The normalized spacial score (nSPS) is 11.4. The first-order valence-corrected chi connectivity index (χ1v) is 6.03. The Morgan fingerprint density at radius 3 is 2.11 bits per heavy atom. The Morgan fingerprint density at radius 1 is 0.789 bits per heavy atom. The van der Waals surface area contributed by atoms with Crippen molar-refractivity contribution in [2.24, 2.45) is 0 Å². The van der Waals surface area contributed by atoms with Gasteiger partial charge in [0.2, 0.25) is 0 Å². The predicted octanol–water partition coefficient (Wildman–Crippen LogP) is 3.49. The second-order valence-corrected chi connectivity index (χ2v) is 4.45. The first kappa shape index (κ1) is 10.3. The molecule has 0 saturated carbocycles. The SMILES string of the molecule is O=c1c2ccccc2c2ncoc2c2ccccc12. The van der Waals surface area contributed by atoms with Crippen LogP contribution in [0.15, 0.2) is 64.1 Å². The van der Waals surface area contributed by atoms with Crippen LogP contribution in [0.4, 0.5) is 0 Å². The van der Waals surface area contributed by atoms with Crippen molar-refractivity contribution in [3.63, 3.8) is 0 Å². The Bertz CT molecular complexity index is 909. The molecule has 4 aromatic rings. The largest absolute Gasteiger partial charge is 0.443 e. The van der Waals surface area contributed by atoms with E-state index in [-0.39, 0.29) is 5.43 Å². The van der Waals surface area contributed by atoms with E-state index in [1.54, 1.807) is 0 Å². The van der Waals surface area contributed by atoms with E-state index in [0.717, 1.165) is 16.3 Å². The van der Waals surface area contributed by atoms with Gasteiger partial charge in [-0.25, -0.2) is 4.98 Å². The Balaban J connectivity index is 2.55. The first-order chi connectivity index (χ1) is 9.36. The van der Waals surface area contributed by atoms with Crippen LogP contribution in [-0.4, -0.2) is 4.98 Å². The molecule has 0 unspecified atom stereocenters. The van der Waals surface area contributed by atoms with E-state index in [4.69, 9.17) is 4.42 Å². The summed E-state index contributed by atoms with van der Waals surface area (Å²) in [4.78, 5) is 16.9. The fraction of sp³-hybridized carbons (Fsp3) is 0. The number of hydrogen-bond donors (Lipinski definition) is 0. The van der Waals surface area contributed by atoms with E-state index in [1.807, 2.05) is 48.5 Å². The minimum Gasteiger partial charge on any atom is -0.443 e. The molecular formula is C16H9NO2. The third-order valence-corrected chi connectivity index (χ3v) is 3.41. The molecule has 3 nitrogen and oxygen atoms in total. The van der Waals surface area contributed by atoms with E-state index in [2.05, 4.69) is 4.98 Å². The highest BCUT2D eigenvalue weighted by molar-refractivity contribution is 6.13. The van der Waals surface area contributed by atoms with Crippen LogP contribution in [0.25, 0.3) is 32.6 Å².